The Bertz CT molecular complexity index is 1050. The van der Waals surface area contributed by atoms with Crippen molar-refractivity contribution in [2.24, 2.45) is 5.92 Å². The maximum atomic E-state index is 13.0. The van der Waals surface area contributed by atoms with Gasteiger partial charge in [-0.3, -0.25) is 4.79 Å². The summed E-state index contributed by atoms with van der Waals surface area (Å²) in [5.74, 6) is 2.46. The van der Waals surface area contributed by atoms with Crippen molar-refractivity contribution in [3.63, 3.8) is 0 Å². The number of nitrogens with zero attached hydrogens (tertiary/aromatic N) is 2. The fourth-order valence-corrected chi connectivity index (χ4v) is 4.54. The van der Waals surface area contributed by atoms with Gasteiger partial charge in [-0.2, -0.15) is 0 Å². The Morgan fingerprint density at radius 2 is 1.97 bits per heavy atom. The third kappa shape index (κ3) is 3.91. The number of nitrogens with one attached hydrogen (secondary N) is 3. The van der Waals surface area contributed by atoms with E-state index in [-0.39, 0.29) is 17.9 Å². The van der Waals surface area contributed by atoms with Gasteiger partial charge in [0.2, 0.25) is 5.91 Å². The van der Waals surface area contributed by atoms with Gasteiger partial charge in [-0.1, -0.05) is 31.0 Å². The van der Waals surface area contributed by atoms with Gasteiger partial charge in [-0.05, 0) is 37.3 Å². The van der Waals surface area contributed by atoms with Crippen LogP contribution in [0.4, 0.5) is 5.82 Å². The van der Waals surface area contributed by atoms with E-state index >= 15 is 0 Å². The number of carbonyl (C=O) groups excluding carboxylic acids is 1. The van der Waals surface area contributed by atoms with Crippen LogP contribution in [0.25, 0.3) is 10.9 Å². The van der Waals surface area contributed by atoms with E-state index in [0.717, 1.165) is 61.4 Å². The molecule has 3 aromatic rings. The highest BCUT2D eigenvalue weighted by Gasteiger charge is 2.30. The van der Waals surface area contributed by atoms with Crippen LogP contribution in [0.15, 0.2) is 36.5 Å². The van der Waals surface area contributed by atoms with Crippen LogP contribution < -0.4 is 10.6 Å². The molecule has 30 heavy (non-hydrogen) atoms. The van der Waals surface area contributed by atoms with Crippen LogP contribution in [0, 0.1) is 5.92 Å². The Kier molecular flexibility index (Phi) is 5.15. The summed E-state index contributed by atoms with van der Waals surface area (Å²) in [5.41, 5.74) is 3.21. The molecule has 5 rings (SSSR count). The predicted molar refractivity (Wildman–Crippen MR) is 118 cm³/mol. The van der Waals surface area contributed by atoms with E-state index in [1.807, 2.05) is 19.2 Å². The molecule has 6 nitrogen and oxygen atoms in total. The molecule has 1 atom stereocenters. The van der Waals surface area contributed by atoms with Crippen molar-refractivity contribution in [3.8, 4) is 0 Å². The van der Waals surface area contributed by atoms with Crippen LogP contribution in [0.5, 0.6) is 0 Å². The van der Waals surface area contributed by atoms with E-state index in [1.54, 1.807) is 0 Å². The summed E-state index contributed by atoms with van der Waals surface area (Å²) >= 11 is 0. The Morgan fingerprint density at radius 1 is 1.17 bits per heavy atom. The Hall–Kier alpha value is -2.89. The van der Waals surface area contributed by atoms with Crippen molar-refractivity contribution in [2.75, 3.05) is 12.4 Å². The number of aromatic nitrogens is 3. The average Bonchev–Trinajstić information content (AvgIpc) is 3.33. The lowest BCUT2D eigenvalue weighted by atomic mass is 10.00. The number of amides is 1. The lowest BCUT2D eigenvalue weighted by molar-refractivity contribution is -0.125. The third-order valence-electron chi connectivity index (χ3n) is 6.46. The summed E-state index contributed by atoms with van der Waals surface area (Å²) < 4.78 is 0. The fraction of sp³-hybridized carbons (Fsp3) is 0.458. The van der Waals surface area contributed by atoms with Gasteiger partial charge in [0.05, 0.1) is 11.7 Å². The summed E-state index contributed by atoms with van der Waals surface area (Å²) in [6.45, 7) is 0. The summed E-state index contributed by atoms with van der Waals surface area (Å²) in [6.07, 6.45) is 9.33. The second-order valence-corrected chi connectivity index (χ2v) is 8.67. The molecule has 0 unspecified atom stereocenters. The zero-order valence-corrected chi connectivity index (χ0v) is 17.4. The standard InChI is InChI=1S/C24H29N5O/c1-25-22-13-21(27-23(29-22)15-10-11-15)20(28-24(30)16-6-2-3-7-16)12-17-14-26-19-9-5-4-8-18(17)19/h4-5,8-9,13-16,20,26H,2-3,6-7,10-12H2,1H3,(H,28,30)(H,25,27,29)/t20-/m0/s1. The number of benzene rings is 1. The van der Waals surface area contributed by atoms with E-state index in [2.05, 4.69) is 45.0 Å². The maximum absolute atomic E-state index is 13.0. The van der Waals surface area contributed by atoms with Crippen LogP contribution in [0.1, 0.15) is 67.6 Å². The molecule has 0 radical (unpaired) electrons. The molecule has 156 valence electrons. The zero-order chi connectivity index (χ0) is 20.5. The van der Waals surface area contributed by atoms with Gasteiger partial charge in [-0.25, -0.2) is 9.97 Å². The largest absolute Gasteiger partial charge is 0.373 e. The number of H-pyrrole nitrogens is 1. The molecule has 2 saturated carbocycles. The number of hydrogen-bond donors (Lipinski definition) is 3. The van der Waals surface area contributed by atoms with Crippen LogP contribution >= 0.6 is 0 Å². The van der Waals surface area contributed by atoms with E-state index in [4.69, 9.17) is 4.98 Å². The first-order valence-electron chi connectivity index (χ1n) is 11.1. The molecule has 0 saturated heterocycles. The molecule has 2 aliphatic carbocycles. The fourth-order valence-electron chi connectivity index (χ4n) is 4.54. The van der Waals surface area contributed by atoms with Gasteiger partial charge in [0, 0.05) is 48.5 Å². The van der Waals surface area contributed by atoms with Crippen LogP contribution in [0.2, 0.25) is 0 Å². The first-order valence-corrected chi connectivity index (χ1v) is 11.1. The minimum atomic E-state index is -0.176. The normalized spacial score (nSPS) is 17.9. The first kappa shape index (κ1) is 19.1. The number of carbonyl (C=O) groups is 1. The summed E-state index contributed by atoms with van der Waals surface area (Å²) in [5, 5.41) is 7.71. The lowest BCUT2D eigenvalue weighted by Gasteiger charge is -2.21. The molecule has 2 aromatic heterocycles. The van der Waals surface area contributed by atoms with E-state index in [0.29, 0.717) is 12.3 Å². The van der Waals surface area contributed by atoms with Gasteiger partial charge in [0.1, 0.15) is 11.6 Å². The van der Waals surface area contributed by atoms with Crippen LogP contribution in [-0.2, 0) is 11.2 Å². The van der Waals surface area contributed by atoms with E-state index < -0.39 is 0 Å². The molecule has 2 heterocycles. The van der Waals surface area contributed by atoms with E-state index in [9.17, 15) is 4.79 Å². The van der Waals surface area contributed by atoms with Gasteiger partial charge in [-0.15, -0.1) is 0 Å². The number of aromatic amines is 1. The highest BCUT2D eigenvalue weighted by Crippen LogP contribution is 2.39. The molecule has 2 fully saturated rings. The summed E-state index contributed by atoms with van der Waals surface area (Å²) in [7, 11) is 1.88. The van der Waals surface area contributed by atoms with Crippen molar-refractivity contribution in [3.05, 3.63) is 53.6 Å². The lowest BCUT2D eigenvalue weighted by Crippen LogP contribution is -2.34. The molecule has 1 aromatic carbocycles. The monoisotopic (exact) mass is 403 g/mol. The molecular weight excluding hydrogens is 374 g/mol. The van der Waals surface area contributed by atoms with Gasteiger partial charge in [0.15, 0.2) is 0 Å². The smallest absolute Gasteiger partial charge is 0.223 e. The number of anilines is 1. The van der Waals surface area contributed by atoms with Crippen LogP contribution in [0.3, 0.4) is 0 Å². The number of para-hydroxylation sites is 1. The Morgan fingerprint density at radius 3 is 2.73 bits per heavy atom. The number of fused-ring (bicyclic) bond motifs is 1. The molecule has 3 N–H and O–H groups in total. The average molecular weight is 404 g/mol. The Balaban J connectivity index is 1.49. The Labute approximate surface area is 176 Å². The highest BCUT2D eigenvalue weighted by atomic mass is 16.1. The highest BCUT2D eigenvalue weighted by molar-refractivity contribution is 5.83. The van der Waals surface area contributed by atoms with Crippen molar-refractivity contribution >= 4 is 22.6 Å². The van der Waals surface area contributed by atoms with Gasteiger partial charge < -0.3 is 15.6 Å². The third-order valence-corrected chi connectivity index (χ3v) is 6.46. The van der Waals surface area contributed by atoms with E-state index in [1.165, 1.54) is 10.9 Å². The van der Waals surface area contributed by atoms with Crippen molar-refractivity contribution < 1.29 is 4.79 Å². The zero-order valence-electron chi connectivity index (χ0n) is 17.4. The molecule has 6 heteroatoms. The number of hydrogen-bond acceptors (Lipinski definition) is 4. The first-order chi connectivity index (χ1) is 14.7. The second-order valence-electron chi connectivity index (χ2n) is 8.67. The minimum absolute atomic E-state index is 0.129. The molecule has 0 bridgehead atoms. The van der Waals surface area contributed by atoms with Crippen LogP contribution in [-0.4, -0.2) is 27.9 Å². The quantitative estimate of drug-likeness (QED) is 0.544. The second kappa shape index (κ2) is 8.09. The summed E-state index contributed by atoms with van der Waals surface area (Å²) in [6, 6.07) is 10.1. The minimum Gasteiger partial charge on any atom is -0.373 e. The van der Waals surface area contributed by atoms with Crippen molar-refractivity contribution in [1.29, 1.82) is 0 Å². The molecule has 0 spiro atoms. The maximum Gasteiger partial charge on any atom is 0.223 e. The number of rotatable bonds is 7. The topological polar surface area (TPSA) is 82.7 Å². The SMILES string of the molecule is CNc1cc([C@H](Cc2c[nH]c3ccccc23)NC(=O)C2CCCC2)nc(C2CC2)n1. The molecule has 1 amide bonds. The van der Waals surface area contributed by atoms with Crippen molar-refractivity contribution in [2.45, 2.75) is 56.9 Å². The van der Waals surface area contributed by atoms with Crippen molar-refractivity contribution in [1.82, 2.24) is 20.3 Å². The predicted octanol–water partition coefficient (Wildman–Crippen LogP) is 4.47. The molecular formula is C24H29N5O. The summed E-state index contributed by atoms with van der Waals surface area (Å²) in [4.78, 5) is 26.0. The molecule has 2 aliphatic rings. The molecule has 0 aliphatic heterocycles. The van der Waals surface area contributed by atoms with Gasteiger partial charge >= 0.3 is 0 Å². The van der Waals surface area contributed by atoms with Gasteiger partial charge in [0.25, 0.3) is 0 Å².